The third-order valence-corrected chi connectivity index (χ3v) is 5.28. The van der Waals surface area contributed by atoms with Crippen molar-refractivity contribution in [1.82, 2.24) is 5.32 Å². The average molecular weight is 534 g/mol. The molecule has 1 aliphatic rings. The van der Waals surface area contributed by atoms with Crippen LogP contribution in [0, 0.1) is 17.4 Å². The zero-order chi connectivity index (χ0) is 22.9. The first-order valence-electron chi connectivity index (χ1n) is 9.64. The van der Waals surface area contributed by atoms with E-state index in [0.717, 1.165) is 19.6 Å². The highest BCUT2D eigenvalue weighted by Crippen LogP contribution is 2.35. The van der Waals surface area contributed by atoms with Crippen LogP contribution in [0.4, 0.5) is 10.5 Å². The largest absolute Gasteiger partial charge is 0.493 e. The molecule has 0 aliphatic carbocycles. The Labute approximate surface area is 194 Å². The number of rotatable bonds is 5. The van der Waals surface area contributed by atoms with E-state index in [9.17, 15) is 14.4 Å². The first-order chi connectivity index (χ1) is 14.6. The molecule has 1 fully saturated rings. The lowest BCUT2D eigenvalue weighted by Crippen LogP contribution is -2.54. The van der Waals surface area contributed by atoms with Gasteiger partial charge in [0.2, 0.25) is 0 Å². The van der Waals surface area contributed by atoms with E-state index in [-0.39, 0.29) is 11.7 Å². The molecule has 31 heavy (non-hydrogen) atoms. The van der Waals surface area contributed by atoms with E-state index in [1.54, 1.807) is 24.3 Å². The number of carbonyl (C=O) groups excluding carboxylic acids is 3. The second-order valence-corrected chi connectivity index (χ2v) is 8.67. The van der Waals surface area contributed by atoms with Gasteiger partial charge in [0.25, 0.3) is 11.8 Å². The number of ether oxygens (including phenoxy) is 2. The second kappa shape index (κ2) is 9.09. The molecule has 3 rings (SSSR count). The van der Waals surface area contributed by atoms with Crippen molar-refractivity contribution in [2.75, 3.05) is 12.0 Å². The van der Waals surface area contributed by atoms with Gasteiger partial charge in [-0.1, -0.05) is 6.07 Å². The Morgan fingerprint density at radius 2 is 1.68 bits per heavy atom. The van der Waals surface area contributed by atoms with Gasteiger partial charge in [-0.2, -0.15) is 0 Å². The maximum absolute atomic E-state index is 13.1. The van der Waals surface area contributed by atoms with E-state index in [2.05, 4.69) is 27.9 Å². The van der Waals surface area contributed by atoms with Crippen molar-refractivity contribution >= 4 is 52.2 Å². The number of benzene rings is 2. The molecule has 0 saturated carbocycles. The van der Waals surface area contributed by atoms with Crippen LogP contribution in [0.1, 0.15) is 30.5 Å². The minimum absolute atomic E-state index is 0.0466. The van der Waals surface area contributed by atoms with Gasteiger partial charge >= 0.3 is 6.03 Å². The van der Waals surface area contributed by atoms with Crippen molar-refractivity contribution in [2.24, 2.45) is 0 Å². The predicted octanol–water partition coefficient (Wildman–Crippen LogP) is 4.37. The minimum Gasteiger partial charge on any atom is -0.493 e. The molecule has 0 bridgehead atoms. The van der Waals surface area contributed by atoms with Gasteiger partial charge in [-0.05, 0) is 97.3 Å². The first-order valence-corrected chi connectivity index (χ1v) is 10.7. The lowest BCUT2D eigenvalue weighted by atomic mass is 10.0. The van der Waals surface area contributed by atoms with Crippen molar-refractivity contribution < 1.29 is 23.9 Å². The van der Waals surface area contributed by atoms with Gasteiger partial charge in [0.1, 0.15) is 5.57 Å². The van der Waals surface area contributed by atoms with Crippen LogP contribution in [-0.2, 0) is 9.59 Å². The van der Waals surface area contributed by atoms with Crippen molar-refractivity contribution in [3.05, 3.63) is 56.2 Å². The molecule has 2 aromatic rings. The fourth-order valence-corrected chi connectivity index (χ4v) is 4.06. The van der Waals surface area contributed by atoms with Gasteiger partial charge < -0.3 is 9.47 Å². The number of aryl methyl sites for hydroxylation is 2. The Hall–Kier alpha value is -2.88. The molecule has 0 unspecified atom stereocenters. The van der Waals surface area contributed by atoms with E-state index in [1.807, 2.05) is 33.8 Å². The highest BCUT2D eigenvalue weighted by molar-refractivity contribution is 14.1. The smallest absolute Gasteiger partial charge is 0.335 e. The summed E-state index contributed by atoms with van der Waals surface area (Å²) in [6, 6.07) is 8.08. The minimum atomic E-state index is -0.773. The zero-order valence-electron chi connectivity index (χ0n) is 17.9. The number of anilines is 1. The maximum atomic E-state index is 13.1. The topological polar surface area (TPSA) is 84.9 Å². The summed E-state index contributed by atoms with van der Waals surface area (Å²) in [4.78, 5) is 39.0. The molecule has 4 amide bonds. The summed E-state index contributed by atoms with van der Waals surface area (Å²) < 4.78 is 12.0. The monoisotopic (exact) mass is 534 g/mol. The van der Waals surface area contributed by atoms with E-state index in [1.165, 1.54) is 13.2 Å². The predicted molar refractivity (Wildman–Crippen MR) is 126 cm³/mol. The molecule has 0 aromatic heterocycles. The number of hydrogen-bond donors (Lipinski definition) is 1. The second-order valence-electron chi connectivity index (χ2n) is 7.50. The molecule has 0 atom stereocenters. The van der Waals surface area contributed by atoms with Gasteiger partial charge in [0.05, 0.1) is 22.5 Å². The van der Waals surface area contributed by atoms with E-state index in [0.29, 0.717) is 22.7 Å². The number of imide groups is 2. The summed E-state index contributed by atoms with van der Waals surface area (Å²) in [5.41, 5.74) is 2.64. The fourth-order valence-electron chi connectivity index (χ4n) is 3.31. The Morgan fingerprint density at radius 3 is 2.26 bits per heavy atom. The van der Waals surface area contributed by atoms with E-state index < -0.39 is 17.8 Å². The number of halogens is 1. The van der Waals surface area contributed by atoms with Crippen LogP contribution in [-0.4, -0.2) is 31.1 Å². The number of urea groups is 1. The Bertz CT molecular complexity index is 1090. The molecule has 7 nitrogen and oxygen atoms in total. The van der Waals surface area contributed by atoms with Crippen LogP contribution in [0.5, 0.6) is 11.5 Å². The standard InChI is InChI=1S/C23H23IN2O5/c1-12(2)31-20-18(24)10-15(11-19(20)30-5)9-17-21(27)25-23(29)26(22(17)28)16-7-13(3)6-14(4)8-16/h6-12H,1-5H3,(H,25,27,29)/b17-9+. The summed E-state index contributed by atoms with van der Waals surface area (Å²) >= 11 is 2.11. The number of nitrogens with zero attached hydrogens (tertiary/aromatic N) is 1. The molecule has 0 spiro atoms. The van der Waals surface area contributed by atoms with Gasteiger partial charge in [-0.25, -0.2) is 9.69 Å². The quantitative estimate of drug-likeness (QED) is 0.350. The zero-order valence-corrected chi connectivity index (χ0v) is 20.1. The van der Waals surface area contributed by atoms with Crippen molar-refractivity contribution in [1.29, 1.82) is 0 Å². The summed E-state index contributed by atoms with van der Waals surface area (Å²) in [6.07, 6.45) is 1.40. The number of hydrogen-bond acceptors (Lipinski definition) is 5. The number of barbiturate groups is 1. The van der Waals surface area contributed by atoms with Crippen LogP contribution >= 0.6 is 22.6 Å². The van der Waals surface area contributed by atoms with E-state index >= 15 is 0 Å². The number of carbonyl (C=O) groups is 3. The van der Waals surface area contributed by atoms with Gasteiger partial charge in [-0.3, -0.25) is 14.9 Å². The summed E-state index contributed by atoms with van der Waals surface area (Å²) in [5, 5.41) is 2.25. The third-order valence-electron chi connectivity index (χ3n) is 4.48. The Kier molecular flexibility index (Phi) is 6.68. The molecule has 2 aromatic carbocycles. The van der Waals surface area contributed by atoms with E-state index in [4.69, 9.17) is 9.47 Å². The first kappa shape index (κ1) is 22.8. The molecule has 1 aliphatic heterocycles. The molecular weight excluding hydrogens is 511 g/mol. The highest BCUT2D eigenvalue weighted by atomic mass is 127. The van der Waals surface area contributed by atoms with Gasteiger partial charge in [0, 0.05) is 0 Å². The summed E-state index contributed by atoms with van der Waals surface area (Å²) in [6.45, 7) is 7.57. The molecule has 8 heteroatoms. The van der Waals surface area contributed by atoms with Crippen molar-refractivity contribution in [3.8, 4) is 11.5 Å². The van der Waals surface area contributed by atoms with Crippen LogP contribution in [0.2, 0.25) is 0 Å². The molecule has 1 N–H and O–H groups in total. The van der Waals surface area contributed by atoms with Crippen LogP contribution < -0.4 is 19.7 Å². The van der Waals surface area contributed by atoms with Crippen molar-refractivity contribution in [3.63, 3.8) is 0 Å². The molecular formula is C23H23IN2O5. The van der Waals surface area contributed by atoms with Crippen LogP contribution in [0.3, 0.4) is 0 Å². The summed E-state index contributed by atoms with van der Waals surface area (Å²) in [7, 11) is 1.52. The summed E-state index contributed by atoms with van der Waals surface area (Å²) in [5.74, 6) is -0.354. The SMILES string of the molecule is COc1cc(/C=C2\C(=O)NC(=O)N(c3cc(C)cc(C)c3)C2=O)cc(I)c1OC(C)C. The Morgan fingerprint density at radius 1 is 1.03 bits per heavy atom. The van der Waals surface area contributed by atoms with Crippen molar-refractivity contribution in [2.45, 2.75) is 33.8 Å². The Balaban J connectivity index is 2.05. The lowest BCUT2D eigenvalue weighted by Gasteiger charge is -2.27. The average Bonchev–Trinajstić information content (AvgIpc) is 2.65. The fraction of sp³-hybridized carbons (Fsp3) is 0.261. The highest BCUT2D eigenvalue weighted by Gasteiger charge is 2.37. The number of amides is 4. The third kappa shape index (κ3) is 4.90. The van der Waals surface area contributed by atoms with Gasteiger partial charge in [-0.15, -0.1) is 0 Å². The van der Waals surface area contributed by atoms with Gasteiger partial charge in [0.15, 0.2) is 11.5 Å². The lowest BCUT2D eigenvalue weighted by molar-refractivity contribution is -0.122. The molecule has 1 saturated heterocycles. The molecule has 1 heterocycles. The normalized spacial score (nSPS) is 15.5. The van der Waals surface area contributed by atoms with Crippen LogP contribution in [0.25, 0.3) is 6.08 Å². The maximum Gasteiger partial charge on any atom is 0.335 e. The number of methoxy groups -OCH3 is 1. The van der Waals surface area contributed by atoms with Crippen LogP contribution in [0.15, 0.2) is 35.9 Å². The molecule has 162 valence electrons. The molecule has 0 radical (unpaired) electrons. The number of nitrogens with one attached hydrogen (secondary N) is 1.